The van der Waals surface area contributed by atoms with E-state index in [-0.39, 0.29) is 0 Å². The fraction of sp³-hybridized carbons (Fsp3) is 0. The number of aromatic amines is 1. The highest BCUT2D eigenvalue weighted by molar-refractivity contribution is 5.86. The van der Waals surface area contributed by atoms with Crippen LogP contribution in [0.4, 0.5) is 5.82 Å². The molecule has 0 saturated heterocycles. The summed E-state index contributed by atoms with van der Waals surface area (Å²) in [5, 5.41) is 3.90. The third-order valence-corrected chi connectivity index (χ3v) is 1.59. The lowest BCUT2D eigenvalue weighted by atomic mass is 10.4. The smallest absolute Gasteiger partial charge is 0.142 e. The van der Waals surface area contributed by atoms with Gasteiger partial charge in [0.05, 0.1) is 5.39 Å². The van der Waals surface area contributed by atoms with Gasteiger partial charge in [-0.1, -0.05) is 6.58 Å². The van der Waals surface area contributed by atoms with Gasteiger partial charge in [0, 0.05) is 6.20 Å². The number of hydrogen-bond donors (Lipinski definition) is 2. The van der Waals surface area contributed by atoms with E-state index in [4.69, 9.17) is 0 Å². The largest absolute Gasteiger partial charge is 0.347 e. The third kappa shape index (κ3) is 0.934. The van der Waals surface area contributed by atoms with E-state index in [1.165, 1.54) is 6.33 Å². The number of rotatable bonds is 2. The zero-order chi connectivity index (χ0) is 8.39. The first-order valence-electron chi connectivity index (χ1n) is 3.57. The van der Waals surface area contributed by atoms with E-state index in [1.807, 2.05) is 12.3 Å². The molecule has 2 rings (SSSR count). The molecule has 4 nitrogen and oxygen atoms in total. The van der Waals surface area contributed by atoms with Gasteiger partial charge in [-0.3, -0.25) is 0 Å². The van der Waals surface area contributed by atoms with Crippen LogP contribution in [0.3, 0.4) is 0 Å². The molecule has 4 heteroatoms. The van der Waals surface area contributed by atoms with Gasteiger partial charge in [-0.15, -0.1) is 0 Å². The van der Waals surface area contributed by atoms with Gasteiger partial charge in [0.25, 0.3) is 0 Å². The van der Waals surface area contributed by atoms with Crippen molar-refractivity contribution in [3.8, 4) is 0 Å². The minimum absolute atomic E-state index is 0.774. The zero-order valence-electron chi connectivity index (χ0n) is 6.41. The topological polar surface area (TPSA) is 53.6 Å². The molecule has 0 spiro atoms. The highest BCUT2D eigenvalue weighted by atomic mass is 15.0. The first kappa shape index (κ1) is 6.84. The Balaban J connectivity index is 2.65. The standard InChI is InChI=1S/C8H8N4/c1-2-9-7-6-3-4-10-8(6)12-5-11-7/h2-5H,1H2,(H2,9,10,11,12). The molecule has 0 aliphatic carbocycles. The van der Waals surface area contributed by atoms with E-state index >= 15 is 0 Å². The van der Waals surface area contributed by atoms with Crippen LogP contribution in [0.25, 0.3) is 11.0 Å². The van der Waals surface area contributed by atoms with Crippen molar-refractivity contribution >= 4 is 16.9 Å². The molecule has 0 amide bonds. The fourth-order valence-electron chi connectivity index (χ4n) is 1.08. The van der Waals surface area contributed by atoms with Crippen molar-refractivity contribution in [1.29, 1.82) is 0 Å². The minimum atomic E-state index is 0.774. The average Bonchev–Trinajstić information content (AvgIpc) is 2.53. The second-order valence-corrected chi connectivity index (χ2v) is 2.31. The van der Waals surface area contributed by atoms with Crippen LogP contribution < -0.4 is 5.32 Å². The normalized spacial score (nSPS) is 10.0. The number of nitrogens with one attached hydrogen (secondary N) is 2. The van der Waals surface area contributed by atoms with Gasteiger partial charge < -0.3 is 10.3 Å². The molecule has 2 heterocycles. The van der Waals surface area contributed by atoms with Gasteiger partial charge in [0.1, 0.15) is 17.8 Å². The highest BCUT2D eigenvalue weighted by Crippen LogP contribution is 2.16. The maximum atomic E-state index is 4.06. The van der Waals surface area contributed by atoms with E-state index in [2.05, 4.69) is 26.8 Å². The molecule has 60 valence electrons. The number of nitrogens with zero attached hydrogens (tertiary/aromatic N) is 2. The van der Waals surface area contributed by atoms with Gasteiger partial charge in [0.15, 0.2) is 0 Å². The summed E-state index contributed by atoms with van der Waals surface area (Å²) in [6.07, 6.45) is 4.92. The lowest BCUT2D eigenvalue weighted by molar-refractivity contribution is 1.20. The van der Waals surface area contributed by atoms with Crippen molar-refractivity contribution < 1.29 is 0 Å². The monoisotopic (exact) mass is 160 g/mol. The molecule has 0 radical (unpaired) electrons. The summed E-state index contributed by atoms with van der Waals surface area (Å²) in [7, 11) is 0. The molecule has 0 aromatic carbocycles. The number of anilines is 1. The summed E-state index contributed by atoms with van der Waals surface area (Å²) < 4.78 is 0. The first-order chi connectivity index (χ1) is 5.92. The SMILES string of the molecule is C=CNc1ncnc2[nH]ccc12. The van der Waals surface area contributed by atoms with Crippen LogP contribution in [0, 0.1) is 0 Å². The Morgan fingerprint density at radius 2 is 2.42 bits per heavy atom. The van der Waals surface area contributed by atoms with E-state index in [9.17, 15) is 0 Å². The number of fused-ring (bicyclic) bond motifs is 1. The van der Waals surface area contributed by atoms with Crippen LogP contribution in [0.1, 0.15) is 0 Å². The second-order valence-electron chi connectivity index (χ2n) is 2.31. The van der Waals surface area contributed by atoms with Crippen LogP contribution in [0.5, 0.6) is 0 Å². The zero-order valence-corrected chi connectivity index (χ0v) is 6.41. The molecule has 2 N–H and O–H groups in total. The van der Waals surface area contributed by atoms with Gasteiger partial charge in [0.2, 0.25) is 0 Å². The Labute approximate surface area is 69.4 Å². The predicted molar refractivity (Wildman–Crippen MR) is 47.7 cm³/mol. The number of H-pyrrole nitrogens is 1. The van der Waals surface area contributed by atoms with Crippen LogP contribution in [0.2, 0.25) is 0 Å². The number of hydrogen-bond acceptors (Lipinski definition) is 3. The van der Waals surface area contributed by atoms with Crippen molar-refractivity contribution in [3.63, 3.8) is 0 Å². The maximum Gasteiger partial charge on any atom is 0.142 e. The summed E-state index contributed by atoms with van der Waals surface area (Å²) >= 11 is 0. The third-order valence-electron chi connectivity index (χ3n) is 1.59. The van der Waals surface area contributed by atoms with Crippen LogP contribution in [-0.4, -0.2) is 15.0 Å². The molecule has 2 aromatic heterocycles. The maximum absolute atomic E-state index is 4.06. The van der Waals surface area contributed by atoms with Gasteiger partial charge in [-0.05, 0) is 12.3 Å². The van der Waals surface area contributed by atoms with Gasteiger partial charge >= 0.3 is 0 Å². The van der Waals surface area contributed by atoms with Crippen molar-refractivity contribution in [3.05, 3.63) is 31.4 Å². The minimum Gasteiger partial charge on any atom is -0.347 e. The highest BCUT2D eigenvalue weighted by Gasteiger charge is 2.00. The van der Waals surface area contributed by atoms with E-state index < -0.39 is 0 Å². The molecule has 0 unspecified atom stereocenters. The summed E-state index contributed by atoms with van der Waals surface area (Å²) in [5.41, 5.74) is 0.828. The second kappa shape index (κ2) is 2.65. The molecule has 0 aliphatic rings. The number of aromatic nitrogens is 3. The molecule has 2 aromatic rings. The molecule has 0 aliphatic heterocycles. The summed E-state index contributed by atoms with van der Waals surface area (Å²) in [6.45, 7) is 3.57. The summed E-state index contributed by atoms with van der Waals surface area (Å²) in [5.74, 6) is 0.774. The Hall–Kier alpha value is -1.84. The van der Waals surface area contributed by atoms with E-state index in [0.717, 1.165) is 16.9 Å². The molecular formula is C8H8N4. The Kier molecular flexibility index (Phi) is 1.51. The van der Waals surface area contributed by atoms with Crippen molar-refractivity contribution in [2.45, 2.75) is 0 Å². The lowest BCUT2D eigenvalue weighted by Gasteiger charge is -1.98. The Morgan fingerprint density at radius 1 is 1.50 bits per heavy atom. The lowest BCUT2D eigenvalue weighted by Crippen LogP contribution is -1.91. The molecule has 0 fully saturated rings. The molecular weight excluding hydrogens is 152 g/mol. The van der Waals surface area contributed by atoms with Crippen LogP contribution in [0.15, 0.2) is 31.4 Å². The van der Waals surface area contributed by atoms with E-state index in [1.54, 1.807) is 6.20 Å². The molecule has 0 atom stereocenters. The predicted octanol–water partition coefficient (Wildman–Crippen LogP) is 1.51. The van der Waals surface area contributed by atoms with E-state index in [0.29, 0.717) is 0 Å². The van der Waals surface area contributed by atoms with Crippen molar-refractivity contribution in [1.82, 2.24) is 15.0 Å². The van der Waals surface area contributed by atoms with Crippen molar-refractivity contribution in [2.24, 2.45) is 0 Å². The van der Waals surface area contributed by atoms with Gasteiger partial charge in [-0.2, -0.15) is 0 Å². The Bertz CT molecular complexity index is 404. The average molecular weight is 160 g/mol. The van der Waals surface area contributed by atoms with Crippen molar-refractivity contribution in [2.75, 3.05) is 5.32 Å². The first-order valence-corrected chi connectivity index (χ1v) is 3.57. The summed E-state index contributed by atoms with van der Waals surface area (Å²) in [6, 6.07) is 1.92. The quantitative estimate of drug-likeness (QED) is 0.700. The van der Waals surface area contributed by atoms with Crippen LogP contribution in [-0.2, 0) is 0 Å². The fourth-order valence-corrected chi connectivity index (χ4v) is 1.08. The molecule has 0 bridgehead atoms. The molecule has 12 heavy (non-hydrogen) atoms. The summed E-state index contributed by atoms with van der Waals surface area (Å²) in [4.78, 5) is 11.1. The molecule has 0 saturated carbocycles. The van der Waals surface area contributed by atoms with Gasteiger partial charge in [-0.25, -0.2) is 9.97 Å². The Morgan fingerprint density at radius 3 is 3.25 bits per heavy atom. The van der Waals surface area contributed by atoms with Crippen LogP contribution >= 0.6 is 0 Å².